The first-order chi connectivity index (χ1) is 7.88. The summed E-state index contributed by atoms with van der Waals surface area (Å²) in [7, 11) is 0. The molecule has 1 N–H and O–H groups in total. The Morgan fingerprint density at radius 2 is 2.00 bits per heavy atom. The Bertz CT molecular complexity index is 331. The van der Waals surface area contributed by atoms with Crippen LogP contribution in [0.2, 0.25) is 0 Å². The second kappa shape index (κ2) is 7.96. The van der Waals surface area contributed by atoms with E-state index in [4.69, 9.17) is 0 Å². The van der Waals surface area contributed by atoms with Gasteiger partial charge in [0.1, 0.15) is 0 Å². The summed E-state index contributed by atoms with van der Waals surface area (Å²) in [5.74, 6) is 6.06. The van der Waals surface area contributed by atoms with Gasteiger partial charge in [-0.2, -0.15) is 0 Å². The zero-order valence-electron chi connectivity index (χ0n) is 10.3. The first-order valence-electron chi connectivity index (χ1n) is 6.06. The van der Waals surface area contributed by atoms with Crippen LogP contribution in [0, 0.1) is 11.8 Å². The second-order valence-corrected chi connectivity index (χ2v) is 3.84. The van der Waals surface area contributed by atoms with Gasteiger partial charge in [0.2, 0.25) is 0 Å². The molecule has 0 aliphatic rings. The molecule has 1 aromatic rings. The Hall–Kier alpha value is -1.26. The van der Waals surface area contributed by atoms with E-state index in [2.05, 4.69) is 54.4 Å². The molecule has 1 nitrogen and oxygen atoms in total. The third-order valence-electron chi connectivity index (χ3n) is 2.62. The molecular formula is C15H21N. The topological polar surface area (TPSA) is 12.0 Å². The molecule has 0 bridgehead atoms. The molecule has 0 saturated carbocycles. The van der Waals surface area contributed by atoms with Crippen LogP contribution in [0.4, 0.5) is 0 Å². The van der Waals surface area contributed by atoms with Crippen molar-refractivity contribution in [2.75, 3.05) is 6.54 Å². The van der Waals surface area contributed by atoms with Gasteiger partial charge < -0.3 is 5.32 Å². The van der Waals surface area contributed by atoms with Crippen LogP contribution < -0.4 is 5.32 Å². The standard InChI is InChI=1S/C15H21N/c1-3-5-6-10-13-15(16-4-2)14-11-8-7-9-12-14/h7-9,11-12,15-16H,4,6,10,13H2,1-2H3. The quantitative estimate of drug-likeness (QED) is 0.565. The summed E-state index contributed by atoms with van der Waals surface area (Å²) < 4.78 is 0. The van der Waals surface area contributed by atoms with Crippen molar-refractivity contribution < 1.29 is 0 Å². The summed E-state index contributed by atoms with van der Waals surface area (Å²) in [5, 5.41) is 3.53. The molecule has 1 rings (SSSR count). The number of hydrogen-bond donors (Lipinski definition) is 1. The average molecular weight is 215 g/mol. The summed E-state index contributed by atoms with van der Waals surface area (Å²) >= 11 is 0. The van der Waals surface area contributed by atoms with E-state index in [0.717, 1.165) is 25.8 Å². The molecule has 0 radical (unpaired) electrons. The lowest BCUT2D eigenvalue weighted by Gasteiger charge is -2.17. The predicted molar refractivity (Wildman–Crippen MR) is 70.2 cm³/mol. The fourth-order valence-corrected chi connectivity index (χ4v) is 1.84. The molecule has 0 saturated heterocycles. The third kappa shape index (κ3) is 4.51. The van der Waals surface area contributed by atoms with Crippen LogP contribution in [-0.4, -0.2) is 6.54 Å². The highest BCUT2D eigenvalue weighted by Gasteiger charge is 2.08. The highest BCUT2D eigenvalue weighted by atomic mass is 14.9. The first kappa shape index (κ1) is 12.8. The maximum atomic E-state index is 3.53. The van der Waals surface area contributed by atoms with Crippen molar-refractivity contribution in [1.82, 2.24) is 5.32 Å². The molecule has 1 heteroatoms. The Morgan fingerprint density at radius 1 is 1.25 bits per heavy atom. The summed E-state index contributed by atoms with van der Waals surface area (Å²) in [4.78, 5) is 0. The molecule has 0 spiro atoms. The Balaban J connectivity index is 2.50. The van der Waals surface area contributed by atoms with E-state index in [-0.39, 0.29) is 0 Å². The van der Waals surface area contributed by atoms with Gasteiger partial charge in [-0.05, 0) is 31.9 Å². The van der Waals surface area contributed by atoms with Gasteiger partial charge in [-0.15, -0.1) is 11.8 Å². The summed E-state index contributed by atoms with van der Waals surface area (Å²) in [6.07, 6.45) is 3.32. The van der Waals surface area contributed by atoms with E-state index in [1.54, 1.807) is 0 Å². The Morgan fingerprint density at radius 3 is 2.62 bits per heavy atom. The fourth-order valence-electron chi connectivity index (χ4n) is 1.84. The van der Waals surface area contributed by atoms with Crippen molar-refractivity contribution in [1.29, 1.82) is 0 Å². The van der Waals surface area contributed by atoms with Crippen LogP contribution >= 0.6 is 0 Å². The Kier molecular flexibility index (Phi) is 6.37. The maximum Gasteiger partial charge on any atom is 0.0320 e. The summed E-state index contributed by atoms with van der Waals surface area (Å²) in [6.45, 7) is 5.07. The lowest BCUT2D eigenvalue weighted by molar-refractivity contribution is 0.502. The highest BCUT2D eigenvalue weighted by molar-refractivity contribution is 5.18. The van der Waals surface area contributed by atoms with Crippen LogP contribution in [-0.2, 0) is 0 Å². The van der Waals surface area contributed by atoms with Crippen LogP contribution in [0.25, 0.3) is 0 Å². The highest BCUT2D eigenvalue weighted by Crippen LogP contribution is 2.18. The van der Waals surface area contributed by atoms with Crippen molar-refractivity contribution in [2.45, 2.75) is 39.2 Å². The molecule has 0 aliphatic carbocycles. The van der Waals surface area contributed by atoms with Crippen LogP contribution in [0.1, 0.15) is 44.7 Å². The van der Waals surface area contributed by atoms with Crippen LogP contribution in [0.3, 0.4) is 0 Å². The number of rotatable bonds is 6. The van der Waals surface area contributed by atoms with Gasteiger partial charge in [-0.3, -0.25) is 0 Å². The van der Waals surface area contributed by atoms with E-state index in [1.807, 2.05) is 6.92 Å². The lowest BCUT2D eigenvalue weighted by atomic mass is 10.0. The van der Waals surface area contributed by atoms with E-state index < -0.39 is 0 Å². The average Bonchev–Trinajstić information content (AvgIpc) is 2.34. The molecule has 1 aromatic carbocycles. The van der Waals surface area contributed by atoms with E-state index in [0.29, 0.717) is 6.04 Å². The van der Waals surface area contributed by atoms with Crippen molar-refractivity contribution in [3.05, 3.63) is 35.9 Å². The first-order valence-corrected chi connectivity index (χ1v) is 6.06. The maximum absolute atomic E-state index is 3.53. The Labute approximate surface area is 99.3 Å². The van der Waals surface area contributed by atoms with Crippen molar-refractivity contribution in [3.63, 3.8) is 0 Å². The van der Waals surface area contributed by atoms with Crippen LogP contribution in [0.15, 0.2) is 30.3 Å². The van der Waals surface area contributed by atoms with Gasteiger partial charge in [0.25, 0.3) is 0 Å². The molecule has 16 heavy (non-hydrogen) atoms. The monoisotopic (exact) mass is 215 g/mol. The minimum Gasteiger partial charge on any atom is -0.310 e. The number of nitrogens with one attached hydrogen (secondary N) is 1. The van der Waals surface area contributed by atoms with Crippen molar-refractivity contribution >= 4 is 0 Å². The van der Waals surface area contributed by atoms with Gasteiger partial charge in [0, 0.05) is 12.5 Å². The van der Waals surface area contributed by atoms with Gasteiger partial charge >= 0.3 is 0 Å². The molecule has 1 atom stereocenters. The minimum atomic E-state index is 0.477. The number of unbranched alkanes of at least 4 members (excludes halogenated alkanes) is 1. The molecule has 0 amide bonds. The van der Waals surface area contributed by atoms with Crippen LogP contribution in [0.5, 0.6) is 0 Å². The van der Waals surface area contributed by atoms with Crippen molar-refractivity contribution in [2.24, 2.45) is 0 Å². The van der Waals surface area contributed by atoms with Gasteiger partial charge in [0.05, 0.1) is 0 Å². The van der Waals surface area contributed by atoms with Crippen molar-refractivity contribution in [3.8, 4) is 11.8 Å². The minimum absolute atomic E-state index is 0.477. The molecule has 0 fully saturated rings. The SMILES string of the molecule is CC#CCCCC(NCC)c1ccccc1. The molecule has 1 unspecified atom stereocenters. The summed E-state index contributed by atoms with van der Waals surface area (Å²) in [5.41, 5.74) is 1.38. The molecular weight excluding hydrogens is 194 g/mol. The number of hydrogen-bond acceptors (Lipinski definition) is 1. The van der Waals surface area contributed by atoms with Gasteiger partial charge in [0.15, 0.2) is 0 Å². The normalized spacial score (nSPS) is 11.6. The van der Waals surface area contributed by atoms with E-state index in [9.17, 15) is 0 Å². The second-order valence-electron chi connectivity index (χ2n) is 3.84. The number of benzene rings is 1. The third-order valence-corrected chi connectivity index (χ3v) is 2.62. The van der Waals surface area contributed by atoms with Gasteiger partial charge in [-0.1, -0.05) is 37.3 Å². The molecule has 0 aromatic heterocycles. The largest absolute Gasteiger partial charge is 0.310 e. The molecule has 86 valence electrons. The molecule has 0 aliphatic heterocycles. The summed E-state index contributed by atoms with van der Waals surface area (Å²) in [6, 6.07) is 11.1. The van der Waals surface area contributed by atoms with Gasteiger partial charge in [-0.25, -0.2) is 0 Å². The molecule has 0 heterocycles. The zero-order chi connectivity index (χ0) is 11.6. The fraction of sp³-hybridized carbons (Fsp3) is 0.467. The zero-order valence-corrected chi connectivity index (χ0v) is 10.3. The smallest absolute Gasteiger partial charge is 0.0320 e. The predicted octanol–water partition coefficient (Wildman–Crippen LogP) is 3.53. The van der Waals surface area contributed by atoms with E-state index in [1.165, 1.54) is 5.56 Å². The lowest BCUT2D eigenvalue weighted by Crippen LogP contribution is -2.20. The van der Waals surface area contributed by atoms with E-state index >= 15 is 0 Å².